The van der Waals surface area contributed by atoms with Gasteiger partial charge in [0.1, 0.15) is 4.83 Å². The molecule has 5 aromatic carbocycles. The number of hydrogen-bond acceptors (Lipinski definition) is 4. The van der Waals surface area contributed by atoms with Gasteiger partial charge >= 0.3 is 20.1 Å². The Morgan fingerprint density at radius 2 is 1.48 bits per heavy atom. The molecule has 0 radical (unpaired) electrons. The molecule has 3 aromatic heterocycles. The third-order valence-electron chi connectivity index (χ3n) is 9.89. The number of aromatic nitrogens is 2. The van der Waals surface area contributed by atoms with Crippen LogP contribution in [0.15, 0.2) is 140 Å². The quantitative estimate of drug-likeness (QED) is 0.128. The zero-order chi connectivity index (χ0) is 38.3. The molecule has 56 heavy (non-hydrogen) atoms. The molecular weight excluding hydrogens is 904 g/mol. The number of nitrogens with zero attached hydrogens (tertiary/aromatic N) is 4. The van der Waals surface area contributed by atoms with Gasteiger partial charge in [0, 0.05) is 29.0 Å². The van der Waals surface area contributed by atoms with Crippen LogP contribution < -0.4 is 10.1 Å². The Hall–Kier alpha value is -4.98. The van der Waals surface area contributed by atoms with E-state index in [-0.39, 0.29) is 37.5 Å². The van der Waals surface area contributed by atoms with Gasteiger partial charge < -0.3 is 15.2 Å². The third kappa shape index (κ3) is 7.98. The van der Waals surface area contributed by atoms with Crippen molar-refractivity contribution in [1.82, 2.24) is 9.97 Å². The molecule has 4 heterocycles. The Labute approximate surface area is 347 Å². The summed E-state index contributed by atoms with van der Waals surface area (Å²) in [4.78, 5) is 12.9. The van der Waals surface area contributed by atoms with Crippen molar-refractivity contribution < 1.29 is 24.5 Å². The number of para-hydroxylation sites is 3. The fourth-order valence-corrected chi connectivity index (χ4v) is 9.90. The molecule has 0 bridgehead atoms. The fraction of sp³-hybridized carbons (Fsp3) is 0.167. The summed E-state index contributed by atoms with van der Waals surface area (Å²) in [6, 6.07) is 51.0. The monoisotopic (exact) mass is 946 g/mol. The van der Waals surface area contributed by atoms with Gasteiger partial charge in [-0.25, -0.2) is 4.98 Å². The van der Waals surface area contributed by atoms with Gasteiger partial charge in [0.25, 0.3) is 0 Å². The normalized spacial score (nSPS) is 13.8. The summed E-state index contributed by atoms with van der Waals surface area (Å²) >= 11 is 1.73. The van der Waals surface area contributed by atoms with E-state index >= 15 is 0 Å². The maximum Gasteiger partial charge on any atom is 3.00 e. The molecule has 4 nitrogen and oxygen atoms in total. The molecule has 0 fully saturated rings. The third-order valence-corrected chi connectivity index (χ3v) is 13.0. The molecule has 8 aromatic rings. The van der Waals surface area contributed by atoms with E-state index in [0.29, 0.717) is 0 Å². The van der Waals surface area contributed by atoms with E-state index in [0.717, 1.165) is 50.0 Å². The van der Waals surface area contributed by atoms with Crippen LogP contribution in [-0.2, 0) is 25.5 Å². The van der Waals surface area contributed by atoms with Crippen LogP contribution >= 0.6 is 11.3 Å². The molecule has 0 saturated carbocycles. The van der Waals surface area contributed by atoms with E-state index in [1.54, 1.807) is 17.4 Å². The van der Waals surface area contributed by atoms with Gasteiger partial charge in [-0.3, -0.25) is 4.39 Å². The predicted octanol–water partition coefficient (Wildman–Crippen LogP) is 13.3. The van der Waals surface area contributed by atoms with Gasteiger partial charge in [0.2, 0.25) is 0 Å². The van der Waals surface area contributed by atoms with Gasteiger partial charge in [-0.05, 0) is 57.7 Å². The molecule has 0 amide bonds. The first kappa shape index (κ1) is 39.3. The summed E-state index contributed by atoms with van der Waals surface area (Å²) in [6.45, 7) is 13.7. The largest absolute Gasteiger partial charge is 3.00 e. The van der Waals surface area contributed by atoms with Crippen LogP contribution in [0.2, 0.25) is 19.6 Å². The Morgan fingerprint density at radius 3 is 2.18 bits per heavy atom. The average Bonchev–Trinajstić information content (AvgIpc) is 3.76. The Balaban J connectivity index is 0.000000190. The second-order valence-corrected chi connectivity index (χ2v) is 22.0. The van der Waals surface area contributed by atoms with Crippen molar-refractivity contribution in [2.75, 3.05) is 4.90 Å². The molecule has 0 aliphatic carbocycles. The summed E-state index contributed by atoms with van der Waals surface area (Å²) < 4.78 is 14.3. The van der Waals surface area contributed by atoms with Crippen LogP contribution in [0.1, 0.15) is 38.1 Å². The van der Waals surface area contributed by atoms with Crippen molar-refractivity contribution in [3.63, 3.8) is 0 Å². The second kappa shape index (κ2) is 15.9. The first-order valence-corrected chi connectivity index (χ1v) is 22.9. The van der Waals surface area contributed by atoms with Gasteiger partial charge in [0.05, 0.1) is 13.8 Å². The first-order valence-electron chi connectivity index (χ1n) is 18.6. The summed E-state index contributed by atoms with van der Waals surface area (Å²) in [5, 5.41) is 8.83. The fourth-order valence-electron chi connectivity index (χ4n) is 7.09. The molecule has 1 aliphatic rings. The Morgan fingerprint density at radius 1 is 0.768 bits per heavy atom. The van der Waals surface area contributed by atoms with E-state index in [1.165, 1.54) is 38.4 Å². The molecule has 280 valence electrons. The summed E-state index contributed by atoms with van der Waals surface area (Å²) in [6.07, 6.45) is 1.86. The van der Waals surface area contributed by atoms with Crippen molar-refractivity contribution >= 4 is 62.0 Å². The molecule has 1 atom stereocenters. The molecule has 0 saturated heterocycles. The molecule has 9 rings (SSSR count). The summed E-state index contributed by atoms with van der Waals surface area (Å²) in [7, 11) is -1.45. The van der Waals surface area contributed by atoms with Crippen molar-refractivity contribution in [3.8, 4) is 22.5 Å². The number of rotatable bonds is 5. The van der Waals surface area contributed by atoms with Crippen molar-refractivity contribution in [2.45, 2.75) is 52.0 Å². The molecular formula is C48H42FIrN4SSi. The number of fused-ring (bicyclic) bond motifs is 4. The van der Waals surface area contributed by atoms with Crippen molar-refractivity contribution in [1.29, 1.82) is 0 Å². The molecule has 0 spiro atoms. The molecule has 1 unspecified atom stereocenters. The van der Waals surface area contributed by atoms with Gasteiger partial charge in [0.15, 0.2) is 0 Å². The van der Waals surface area contributed by atoms with Crippen LogP contribution in [0.25, 0.3) is 48.1 Å². The maximum atomic E-state index is 13.0. The van der Waals surface area contributed by atoms with Crippen LogP contribution in [-0.4, -0.2) is 18.0 Å². The maximum absolute atomic E-state index is 13.0. The number of hydrogen-bond donors (Lipinski definition) is 0. The van der Waals surface area contributed by atoms with E-state index in [9.17, 15) is 4.39 Å². The van der Waals surface area contributed by atoms with Crippen LogP contribution in [0, 0.1) is 17.9 Å². The van der Waals surface area contributed by atoms with Gasteiger partial charge in [-0.1, -0.05) is 124 Å². The average molecular weight is 946 g/mol. The smallest absolute Gasteiger partial charge is 0.661 e. The number of pyridine rings is 2. The Bertz CT molecular complexity index is 2620. The SMILES string of the molecule is CC(C)(C)c1cc(-c2[c-]cc(F)cc2)ncc1[Si](C)(C)C.[Ir+3].[c-]1cc2c(cc1C1[N-]c3ccccc3N1c1ccccc1)sc1nc(-c3ccccc3)ccc12. The van der Waals surface area contributed by atoms with E-state index in [1.807, 2.05) is 24.4 Å². The minimum absolute atomic E-state index is 0. The zero-order valence-electron chi connectivity index (χ0n) is 32.3. The number of halogens is 1. The topological polar surface area (TPSA) is 43.1 Å². The van der Waals surface area contributed by atoms with E-state index in [4.69, 9.17) is 10.3 Å². The standard InChI is InChI=1S/C30H19N3S.C18H23FNSi.Ir/c1-3-9-20(10-4-1)25-18-17-24-23-16-15-21(19-28(23)34-30(24)32-25)29-31-26-13-7-8-14-27(26)33(29)22-11-5-2-6-12-22;1-18(2,3)15-11-16(13-7-9-14(19)10-8-13)20-12-17(15)21(4,5)6;/h1-14,16-19,29H;7,9-12H,1-6H3;/q-2;-1;+3. The first-order chi connectivity index (χ1) is 26.4. The van der Waals surface area contributed by atoms with E-state index in [2.05, 4.69) is 159 Å². The second-order valence-electron chi connectivity index (χ2n) is 15.9. The number of benzene rings is 5. The predicted molar refractivity (Wildman–Crippen MR) is 232 cm³/mol. The van der Waals surface area contributed by atoms with Crippen LogP contribution in [0.5, 0.6) is 0 Å². The molecule has 8 heteroatoms. The Kier molecular flexibility index (Phi) is 11.1. The van der Waals surface area contributed by atoms with Gasteiger partial charge in [-0.2, -0.15) is 17.7 Å². The van der Waals surface area contributed by atoms with Crippen LogP contribution in [0.3, 0.4) is 0 Å². The number of thiophene rings is 1. The number of anilines is 2. The van der Waals surface area contributed by atoms with Crippen molar-refractivity contribution in [3.05, 3.63) is 174 Å². The minimum Gasteiger partial charge on any atom is -0.661 e. The van der Waals surface area contributed by atoms with E-state index < -0.39 is 8.07 Å². The van der Waals surface area contributed by atoms with Crippen LogP contribution in [0.4, 0.5) is 21.5 Å². The molecule has 1 aliphatic heterocycles. The molecule has 0 N–H and O–H groups in total. The van der Waals surface area contributed by atoms with Crippen molar-refractivity contribution in [2.24, 2.45) is 0 Å². The summed E-state index contributed by atoms with van der Waals surface area (Å²) in [5.41, 5.74) is 9.55. The zero-order valence-corrected chi connectivity index (χ0v) is 36.5. The minimum atomic E-state index is -1.45. The summed E-state index contributed by atoms with van der Waals surface area (Å²) in [5.74, 6) is -0.270. The van der Waals surface area contributed by atoms with Gasteiger partial charge in [-0.15, -0.1) is 58.3 Å².